The number of esters is 1. The molecule has 3 N–H and O–H groups in total. The van der Waals surface area contributed by atoms with Crippen molar-refractivity contribution in [1.82, 2.24) is 10.6 Å². The van der Waals surface area contributed by atoms with Crippen LogP contribution < -0.4 is 10.6 Å². The Balaban J connectivity index is 2.27. The summed E-state index contributed by atoms with van der Waals surface area (Å²) < 4.78 is 5.31. The fourth-order valence-corrected chi connectivity index (χ4v) is 2.27. The van der Waals surface area contributed by atoms with E-state index in [0.29, 0.717) is 12.1 Å². The van der Waals surface area contributed by atoms with Gasteiger partial charge in [-0.15, -0.1) is 0 Å². The van der Waals surface area contributed by atoms with E-state index in [1.807, 2.05) is 0 Å². The number of benzene rings is 2. The Morgan fingerprint density at radius 1 is 1.12 bits per heavy atom. The molecule has 0 saturated carbocycles. The zero-order valence-corrected chi connectivity index (χ0v) is 14.5. The second kappa shape index (κ2) is 8.66. The highest BCUT2D eigenvalue weighted by molar-refractivity contribution is 5.99. The van der Waals surface area contributed by atoms with Crippen LogP contribution in [0.15, 0.2) is 48.5 Å². The van der Waals surface area contributed by atoms with Gasteiger partial charge in [-0.1, -0.05) is 42.0 Å². The molecule has 2 aromatic rings. The van der Waals surface area contributed by atoms with Crippen LogP contribution in [0, 0.1) is 6.92 Å². The van der Waals surface area contributed by atoms with E-state index in [4.69, 9.17) is 4.74 Å². The summed E-state index contributed by atoms with van der Waals surface area (Å²) in [5, 5.41) is 14.4. The number of hydrogen-bond acceptors (Lipinski definition) is 5. The van der Waals surface area contributed by atoms with Gasteiger partial charge in [0.05, 0.1) is 0 Å². The zero-order chi connectivity index (χ0) is 19.1. The molecule has 3 amide bonds. The number of aromatic hydroxyl groups is 1. The third-order valence-corrected chi connectivity index (χ3v) is 3.51. The minimum atomic E-state index is -1.34. The van der Waals surface area contributed by atoms with Crippen LogP contribution in [-0.2, 0) is 9.53 Å². The van der Waals surface area contributed by atoms with E-state index in [1.54, 1.807) is 50.2 Å². The van der Waals surface area contributed by atoms with Crippen LogP contribution in [0.5, 0.6) is 5.75 Å². The summed E-state index contributed by atoms with van der Waals surface area (Å²) in [5.41, 5.74) is 1.09. The first kappa shape index (κ1) is 19.0. The molecule has 0 aliphatic rings. The van der Waals surface area contributed by atoms with Gasteiger partial charge in [-0.2, -0.15) is 0 Å². The zero-order valence-electron chi connectivity index (χ0n) is 14.5. The van der Waals surface area contributed by atoms with Crippen LogP contribution in [0.3, 0.4) is 0 Å². The highest BCUT2D eigenvalue weighted by Crippen LogP contribution is 2.24. The van der Waals surface area contributed by atoms with Gasteiger partial charge < -0.3 is 15.2 Å². The summed E-state index contributed by atoms with van der Waals surface area (Å²) in [7, 11) is 0. The van der Waals surface area contributed by atoms with Crippen molar-refractivity contribution in [2.75, 3.05) is 6.54 Å². The molecule has 136 valence electrons. The molecule has 2 rings (SSSR count). The molecule has 7 heteroatoms. The first-order valence-electron chi connectivity index (χ1n) is 8.06. The minimum absolute atomic E-state index is 0.0586. The number of aryl methyl sites for hydroxylation is 1. The quantitative estimate of drug-likeness (QED) is 0.714. The van der Waals surface area contributed by atoms with Gasteiger partial charge in [0.2, 0.25) is 6.10 Å². The molecule has 0 heterocycles. The summed E-state index contributed by atoms with van der Waals surface area (Å²) in [5.74, 6) is -1.91. The van der Waals surface area contributed by atoms with Crippen molar-refractivity contribution in [3.8, 4) is 5.75 Å². The van der Waals surface area contributed by atoms with Crippen LogP contribution >= 0.6 is 0 Å². The van der Waals surface area contributed by atoms with Gasteiger partial charge in [-0.25, -0.2) is 9.59 Å². The molecule has 0 aliphatic carbocycles. The predicted molar refractivity (Wildman–Crippen MR) is 94.7 cm³/mol. The Bertz CT molecular complexity index is 805. The topological polar surface area (TPSA) is 105 Å². The molecule has 0 unspecified atom stereocenters. The first-order valence-corrected chi connectivity index (χ1v) is 8.06. The fraction of sp³-hybridized carbons (Fsp3) is 0.211. The van der Waals surface area contributed by atoms with Crippen LogP contribution in [0.4, 0.5) is 4.79 Å². The molecule has 0 spiro atoms. The van der Waals surface area contributed by atoms with E-state index in [1.165, 1.54) is 12.1 Å². The summed E-state index contributed by atoms with van der Waals surface area (Å²) in [6, 6.07) is 12.1. The minimum Gasteiger partial charge on any atom is -0.507 e. The summed E-state index contributed by atoms with van der Waals surface area (Å²) >= 11 is 0. The summed E-state index contributed by atoms with van der Waals surface area (Å²) in [4.78, 5) is 36.5. The largest absolute Gasteiger partial charge is 0.507 e. The van der Waals surface area contributed by atoms with Crippen molar-refractivity contribution in [3.05, 3.63) is 65.2 Å². The van der Waals surface area contributed by atoms with Gasteiger partial charge in [0.1, 0.15) is 11.3 Å². The Morgan fingerprint density at radius 3 is 2.46 bits per heavy atom. The van der Waals surface area contributed by atoms with Crippen LogP contribution in [-0.4, -0.2) is 29.6 Å². The highest BCUT2D eigenvalue weighted by Gasteiger charge is 2.28. The Kier molecular flexibility index (Phi) is 6.32. The van der Waals surface area contributed by atoms with E-state index in [-0.39, 0.29) is 11.3 Å². The lowest BCUT2D eigenvalue weighted by atomic mass is 10.1. The van der Waals surface area contributed by atoms with Gasteiger partial charge >= 0.3 is 12.0 Å². The van der Waals surface area contributed by atoms with Crippen molar-refractivity contribution in [3.63, 3.8) is 0 Å². The lowest BCUT2D eigenvalue weighted by molar-refractivity contribution is -0.129. The molecule has 0 saturated heterocycles. The molecule has 26 heavy (non-hydrogen) atoms. The smallest absolute Gasteiger partial charge is 0.343 e. The standard InChI is InChI=1S/C19H20N2O5/c1-3-20-19(25)21-17(23)16(13-7-5-4-6-8-13)26-18(24)14-11-12(2)9-10-15(14)22/h4-11,16,22H,3H2,1-2H3,(H2,20,21,23,25)/t16-/m1/s1. The molecule has 1 atom stereocenters. The molecule has 0 radical (unpaired) electrons. The first-order chi connectivity index (χ1) is 12.4. The maximum atomic E-state index is 12.5. The van der Waals surface area contributed by atoms with Gasteiger partial charge in [-0.3, -0.25) is 10.1 Å². The van der Waals surface area contributed by atoms with Crippen LogP contribution in [0.1, 0.15) is 34.5 Å². The third-order valence-electron chi connectivity index (χ3n) is 3.51. The predicted octanol–water partition coefficient (Wildman–Crippen LogP) is 2.44. The molecule has 2 aromatic carbocycles. The van der Waals surface area contributed by atoms with E-state index >= 15 is 0 Å². The molecular weight excluding hydrogens is 336 g/mol. The molecule has 0 bridgehead atoms. The monoisotopic (exact) mass is 356 g/mol. The number of ether oxygens (including phenoxy) is 1. The van der Waals surface area contributed by atoms with E-state index in [9.17, 15) is 19.5 Å². The Hall–Kier alpha value is -3.35. The number of phenolic OH excluding ortho intramolecular Hbond substituents is 1. The Labute approximate surface area is 151 Å². The van der Waals surface area contributed by atoms with E-state index in [2.05, 4.69) is 10.6 Å². The normalized spacial score (nSPS) is 11.3. The van der Waals surface area contributed by atoms with Gasteiger partial charge in [0.15, 0.2) is 0 Å². The Morgan fingerprint density at radius 2 is 1.81 bits per heavy atom. The van der Waals surface area contributed by atoms with Gasteiger partial charge in [-0.05, 0) is 26.0 Å². The lowest BCUT2D eigenvalue weighted by Gasteiger charge is -2.18. The van der Waals surface area contributed by atoms with Crippen LogP contribution in [0.25, 0.3) is 0 Å². The maximum absolute atomic E-state index is 12.5. The van der Waals surface area contributed by atoms with Gasteiger partial charge in [0.25, 0.3) is 5.91 Å². The van der Waals surface area contributed by atoms with Crippen LogP contribution in [0.2, 0.25) is 0 Å². The van der Waals surface area contributed by atoms with Gasteiger partial charge in [0, 0.05) is 12.1 Å². The number of carbonyl (C=O) groups is 3. The number of amides is 3. The number of hydrogen-bond donors (Lipinski definition) is 3. The SMILES string of the molecule is CCNC(=O)NC(=O)[C@H](OC(=O)c1cc(C)ccc1O)c1ccccc1. The summed E-state index contributed by atoms with van der Waals surface area (Å²) in [6.07, 6.45) is -1.34. The molecular formula is C19H20N2O5. The fourth-order valence-electron chi connectivity index (χ4n) is 2.27. The van der Waals surface area contributed by atoms with Crippen molar-refractivity contribution in [2.45, 2.75) is 20.0 Å². The lowest BCUT2D eigenvalue weighted by Crippen LogP contribution is -2.42. The third kappa shape index (κ3) is 4.83. The van der Waals surface area contributed by atoms with Crippen molar-refractivity contribution in [2.24, 2.45) is 0 Å². The molecule has 0 aliphatic heterocycles. The van der Waals surface area contributed by atoms with Crippen molar-refractivity contribution < 1.29 is 24.2 Å². The van der Waals surface area contributed by atoms with E-state index in [0.717, 1.165) is 5.56 Å². The number of phenols is 1. The second-order valence-electron chi connectivity index (χ2n) is 5.57. The van der Waals surface area contributed by atoms with Crippen molar-refractivity contribution >= 4 is 17.9 Å². The van der Waals surface area contributed by atoms with E-state index < -0.39 is 24.0 Å². The number of nitrogens with one attached hydrogen (secondary N) is 2. The maximum Gasteiger partial charge on any atom is 0.343 e. The highest BCUT2D eigenvalue weighted by atomic mass is 16.5. The number of rotatable bonds is 5. The number of urea groups is 1. The molecule has 0 aromatic heterocycles. The summed E-state index contributed by atoms with van der Waals surface area (Å²) in [6.45, 7) is 3.80. The number of imide groups is 1. The average Bonchev–Trinajstić information content (AvgIpc) is 2.62. The molecule has 7 nitrogen and oxygen atoms in total. The second-order valence-corrected chi connectivity index (χ2v) is 5.57. The number of carbonyl (C=O) groups excluding carboxylic acids is 3. The average molecular weight is 356 g/mol. The van der Waals surface area contributed by atoms with Crippen molar-refractivity contribution in [1.29, 1.82) is 0 Å². The molecule has 0 fully saturated rings.